The highest BCUT2D eigenvalue weighted by molar-refractivity contribution is 8.00. The number of esters is 1. The number of carbonyl (C=O) groups is 1. The van der Waals surface area contributed by atoms with E-state index in [0.29, 0.717) is 17.5 Å². The summed E-state index contributed by atoms with van der Waals surface area (Å²) in [6, 6.07) is 13.4. The maximum atomic E-state index is 12.0. The third-order valence-electron chi connectivity index (χ3n) is 3.09. The number of hydrogen-bond acceptors (Lipinski definition) is 7. The van der Waals surface area contributed by atoms with Crippen molar-refractivity contribution in [1.82, 2.24) is 10.2 Å². The normalized spacial score (nSPS) is 12.0. The van der Waals surface area contributed by atoms with Crippen molar-refractivity contribution in [2.24, 2.45) is 0 Å². The van der Waals surface area contributed by atoms with Gasteiger partial charge in [0.1, 0.15) is 5.25 Å². The molecule has 3 rings (SSSR count). The lowest BCUT2D eigenvalue weighted by atomic mass is 10.1. The summed E-state index contributed by atoms with van der Waals surface area (Å²) in [6.07, 6.45) is 0.597. The Morgan fingerprint density at radius 2 is 2.09 bits per heavy atom. The number of thiophene rings is 1. The van der Waals surface area contributed by atoms with Gasteiger partial charge in [0.05, 0.1) is 13.5 Å². The van der Waals surface area contributed by atoms with Gasteiger partial charge >= 0.3 is 5.97 Å². The number of ether oxygens (including phenoxy) is 1. The van der Waals surface area contributed by atoms with Crippen LogP contribution in [0.5, 0.6) is 0 Å². The molecule has 1 atom stereocenters. The van der Waals surface area contributed by atoms with Crippen LogP contribution in [0.1, 0.15) is 21.6 Å². The van der Waals surface area contributed by atoms with E-state index in [1.54, 1.807) is 11.3 Å². The number of hydrogen-bond donors (Lipinski definition) is 0. The summed E-state index contributed by atoms with van der Waals surface area (Å²) >= 11 is 2.83. The van der Waals surface area contributed by atoms with Gasteiger partial charge < -0.3 is 9.15 Å². The van der Waals surface area contributed by atoms with Crippen molar-refractivity contribution in [3.63, 3.8) is 0 Å². The highest BCUT2D eigenvalue weighted by Gasteiger charge is 2.25. The average molecular weight is 346 g/mol. The molecule has 0 N–H and O–H groups in total. The maximum absolute atomic E-state index is 12.0. The van der Waals surface area contributed by atoms with Crippen LogP contribution in [-0.2, 0) is 16.0 Å². The van der Waals surface area contributed by atoms with Crippen LogP contribution in [0.15, 0.2) is 57.5 Å². The number of aromatic nitrogens is 2. The summed E-state index contributed by atoms with van der Waals surface area (Å²) in [7, 11) is 1.37. The lowest BCUT2D eigenvalue weighted by Gasteiger charge is -2.11. The van der Waals surface area contributed by atoms with Crippen molar-refractivity contribution in [3.8, 4) is 0 Å². The standard InChI is InChI=1S/C16H14N2O3S2/c1-20-15(19)14(11-6-3-2-4-7-11)23-16-18-17-13(21-16)10-12-8-5-9-22-12/h2-9,14H,10H2,1H3/t14-/m0/s1. The van der Waals surface area contributed by atoms with E-state index in [4.69, 9.17) is 9.15 Å². The van der Waals surface area contributed by atoms with Crippen molar-refractivity contribution in [2.45, 2.75) is 16.9 Å². The Labute approximate surface area is 141 Å². The number of nitrogens with zero attached hydrogens (tertiary/aromatic N) is 2. The third kappa shape index (κ3) is 4.00. The van der Waals surface area contributed by atoms with Crippen LogP contribution in [-0.4, -0.2) is 23.3 Å². The van der Waals surface area contributed by atoms with Gasteiger partial charge in [-0.05, 0) is 28.8 Å². The van der Waals surface area contributed by atoms with E-state index in [9.17, 15) is 4.79 Å². The fraction of sp³-hybridized carbons (Fsp3) is 0.188. The van der Waals surface area contributed by atoms with Crippen LogP contribution in [0.2, 0.25) is 0 Å². The number of methoxy groups -OCH3 is 1. The first kappa shape index (κ1) is 15.8. The second-order valence-electron chi connectivity index (χ2n) is 4.65. The van der Waals surface area contributed by atoms with Gasteiger partial charge in [-0.15, -0.1) is 21.5 Å². The minimum absolute atomic E-state index is 0.348. The Kier molecular flexibility index (Phi) is 5.09. The van der Waals surface area contributed by atoms with Crippen LogP contribution in [0, 0.1) is 0 Å². The summed E-state index contributed by atoms with van der Waals surface area (Å²) in [4.78, 5) is 13.2. The highest BCUT2D eigenvalue weighted by atomic mass is 32.2. The summed E-state index contributed by atoms with van der Waals surface area (Å²) in [5.41, 5.74) is 0.836. The second kappa shape index (κ2) is 7.43. The molecule has 0 amide bonds. The van der Waals surface area contributed by atoms with E-state index < -0.39 is 5.25 Å². The third-order valence-corrected chi connectivity index (χ3v) is 5.03. The molecular formula is C16H14N2O3S2. The Hall–Kier alpha value is -2.12. The molecule has 0 saturated heterocycles. The van der Waals surface area contributed by atoms with E-state index in [0.717, 1.165) is 10.4 Å². The molecule has 5 nitrogen and oxygen atoms in total. The van der Waals surface area contributed by atoms with Gasteiger partial charge in [0.25, 0.3) is 5.22 Å². The molecule has 1 aromatic carbocycles. The molecule has 0 aliphatic carbocycles. The highest BCUT2D eigenvalue weighted by Crippen LogP contribution is 2.35. The fourth-order valence-corrected chi connectivity index (χ4v) is 3.62. The molecule has 2 aromatic heterocycles. The number of benzene rings is 1. The maximum Gasteiger partial charge on any atom is 0.323 e. The van der Waals surface area contributed by atoms with Crippen molar-refractivity contribution in [3.05, 3.63) is 64.2 Å². The van der Waals surface area contributed by atoms with E-state index >= 15 is 0 Å². The van der Waals surface area contributed by atoms with Crippen LogP contribution in [0.4, 0.5) is 0 Å². The van der Waals surface area contributed by atoms with Gasteiger partial charge in [-0.1, -0.05) is 36.4 Å². The molecule has 0 radical (unpaired) electrons. The molecule has 0 aliphatic rings. The Balaban J connectivity index is 1.75. The molecule has 0 unspecified atom stereocenters. The van der Waals surface area contributed by atoms with Crippen LogP contribution >= 0.6 is 23.1 Å². The summed E-state index contributed by atoms with van der Waals surface area (Å²) in [5.74, 6) is 0.186. The van der Waals surface area contributed by atoms with E-state index in [1.807, 2.05) is 47.8 Å². The van der Waals surface area contributed by atoms with Crippen LogP contribution < -0.4 is 0 Å². The fourth-order valence-electron chi connectivity index (χ4n) is 2.01. The monoisotopic (exact) mass is 346 g/mol. The van der Waals surface area contributed by atoms with E-state index in [-0.39, 0.29) is 5.97 Å². The second-order valence-corrected chi connectivity index (χ2v) is 6.74. The zero-order chi connectivity index (χ0) is 16.1. The van der Waals surface area contributed by atoms with Gasteiger partial charge in [-0.25, -0.2) is 0 Å². The molecule has 0 bridgehead atoms. The molecule has 23 heavy (non-hydrogen) atoms. The lowest BCUT2D eigenvalue weighted by molar-refractivity contribution is -0.140. The largest absolute Gasteiger partial charge is 0.468 e. The van der Waals surface area contributed by atoms with E-state index in [2.05, 4.69) is 10.2 Å². The van der Waals surface area contributed by atoms with Crippen LogP contribution in [0.3, 0.4) is 0 Å². The first-order chi connectivity index (χ1) is 11.3. The number of thioether (sulfide) groups is 1. The summed E-state index contributed by atoms with van der Waals surface area (Å²) < 4.78 is 10.5. The average Bonchev–Trinajstić information content (AvgIpc) is 3.25. The van der Waals surface area contributed by atoms with Crippen molar-refractivity contribution in [1.29, 1.82) is 0 Å². The van der Waals surface area contributed by atoms with Crippen molar-refractivity contribution >= 4 is 29.1 Å². The minimum atomic E-state index is -0.531. The van der Waals surface area contributed by atoms with Crippen molar-refractivity contribution in [2.75, 3.05) is 7.11 Å². The summed E-state index contributed by atoms with van der Waals surface area (Å²) in [5, 5.41) is 9.89. The molecule has 0 fully saturated rings. The molecular weight excluding hydrogens is 332 g/mol. The van der Waals surface area contributed by atoms with Gasteiger partial charge in [0, 0.05) is 4.88 Å². The first-order valence-electron chi connectivity index (χ1n) is 6.90. The number of carbonyl (C=O) groups excluding carboxylic acids is 1. The minimum Gasteiger partial charge on any atom is -0.468 e. The zero-order valence-corrected chi connectivity index (χ0v) is 14.0. The molecule has 118 valence electrons. The Bertz CT molecular complexity index is 757. The SMILES string of the molecule is COC(=O)[C@@H](Sc1nnc(Cc2cccs2)o1)c1ccccc1. The molecule has 0 spiro atoms. The molecule has 0 saturated carbocycles. The predicted octanol–water partition coefficient (Wildman–Crippen LogP) is 3.73. The molecule has 2 heterocycles. The smallest absolute Gasteiger partial charge is 0.323 e. The summed E-state index contributed by atoms with van der Waals surface area (Å²) in [6.45, 7) is 0. The zero-order valence-electron chi connectivity index (χ0n) is 12.3. The van der Waals surface area contributed by atoms with Gasteiger partial charge in [-0.3, -0.25) is 4.79 Å². The van der Waals surface area contributed by atoms with Crippen molar-refractivity contribution < 1.29 is 13.9 Å². The molecule has 3 aromatic rings. The Morgan fingerprint density at radius 3 is 2.78 bits per heavy atom. The van der Waals surface area contributed by atoms with Gasteiger partial charge in [-0.2, -0.15) is 0 Å². The topological polar surface area (TPSA) is 65.2 Å². The van der Waals surface area contributed by atoms with Gasteiger partial charge in [0.2, 0.25) is 5.89 Å². The number of rotatable bonds is 6. The molecule has 0 aliphatic heterocycles. The lowest BCUT2D eigenvalue weighted by Crippen LogP contribution is -2.11. The van der Waals surface area contributed by atoms with Gasteiger partial charge in [0.15, 0.2) is 0 Å². The Morgan fingerprint density at radius 1 is 1.26 bits per heavy atom. The predicted molar refractivity (Wildman–Crippen MR) is 88.5 cm³/mol. The van der Waals surface area contributed by atoms with Crippen LogP contribution in [0.25, 0.3) is 0 Å². The quantitative estimate of drug-likeness (QED) is 0.500. The van der Waals surface area contributed by atoms with E-state index in [1.165, 1.54) is 18.9 Å². The molecule has 7 heteroatoms. The first-order valence-corrected chi connectivity index (χ1v) is 8.66.